The first kappa shape index (κ1) is 17.5. The molecule has 0 aliphatic carbocycles. The predicted octanol–water partition coefficient (Wildman–Crippen LogP) is 4.91. The summed E-state index contributed by atoms with van der Waals surface area (Å²) >= 11 is 0. The average Bonchev–Trinajstić information content (AvgIpc) is 2.46. The summed E-state index contributed by atoms with van der Waals surface area (Å²) in [6.07, 6.45) is 0. The fraction of sp³-hybridized carbons (Fsp3) is 0.368. The van der Waals surface area contributed by atoms with Crippen molar-refractivity contribution in [2.24, 2.45) is 0 Å². The summed E-state index contributed by atoms with van der Waals surface area (Å²) in [5.41, 5.74) is 2.74. The van der Waals surface area contributed by atoms with E-state index in [1.54, 1.807) is 18.2 Å². The van der Waals surface area contributed by atoms with Crippen molar-refractivity contribution in [1.29, 1.82) is 0 Å². The molecule has 0 amide bonds. The van der Waals surface area contributed by atoms with Gasteiger partial charge in [-0.15, -0.1) is 0 Å². The van der Waals surface area contributed by atoms with Crippen LogP contribution in [0.3, 0.4) is 0 Å². The Morgan fingerprint density at radius 1 is 0.913 bits per heavy atom. The van der Waals surface area contributed by atoms with Crippen molar-refractivity contribution in [3.05, 3.63) is 59.7 Å². The van der Waals surface area contributed by atoms with Crippen LogP contribution >= 0.6 is 0 Å². The second-order valence-electron chi connectivity index (χ2n) is 7.12. The van der Waals surface area contributed by atoms with Gasteiger partial charge < -0.3 is 0 Å². The van der Waals surface area contributed by atoms with Crippen molar-refractivity contribution in [2.75, 3.05) is 4.72 Å². The van der Waals surface area contributed by atoms with Gasteiger partial charge in [-0.25, -0.2) is 8.42 Å². The van der Waals surface area contributed by atoms with E-state index >= 15 is 0 Å². The lowest BCUT2D eigenvalue weighted by Gasteiger charge is -2.19. The van der Waals surface area contributed by atoms with Crippen LogP contribution in [-0.2, 0) is 15.4 Å². The lowest BCUT2D eigenvalue weighted by Crippen LogP contribution is -2.16. The molecule has 0 heterocycles. The first-order valence-corrected chi connectivity index (χ1v) is 9.32. The number of rotatable bonds is 4. The monoisotopic (exact) mass is 331 g/mol. The molecule has 0 aromatic heterocycles. The van der Waals surface area contributed by atoms with Gasteiger partial charge in [0.25, 0.3) is 10.0 Å². The van der Waals surface area contributed by atoms with E-state index < -0.39 is 10.0 Å². The molecular formula is C19H25NO2S. The molecule has 0 bridgehead atoms. The normalized spacial score (nSPS) is 12.4. The molecule has 124 valence electrons. The molecule has 2 aromatic rings. The van der Waals surface area contributed by atoms with E-state index in [1.165, 1.54) is 0 Å². The number of nitrogens with one attached hydrogen (secondary N) is 1. The fourth-order valence-electron chi connectivity index (χ4n) is 2.43. The lowest BCUT2D eigenvalue weighted by molar-refractivity contribution is 0.587. The Morgan fingerprint density at radius 3 is 2.00 bits per heavy atom. The molecule has 0 radical (unpaired) electrons. The van der Waals surface area contributed by atoms with E-state index in [1.807, 2.05) is 44.2 Å². The fourth-order valence-corrected chi connectivity index (χ4v) is 3.52. The Labute approximate surface area is 139 Å². The highest BCUT2D eigenvalue weighted by molar-refractivity contribution is 7.92. The predicted molar refractivity (Wildman–Crippen MR) is 96.5 cm³/mol. The van der Waals surface area contributed by atoms with Crippen LogP contribution in [0.2, 0.25) is 0 Å². The molecule has 4 heteroatoms. The molecule has 1 N–H and O–H groups in total. The van der Waals surface area contributed by atoms with Gasteiger partial charge in [-0.2, -0.15) is 0 Å². The summed E-state index contributed by atoms with van der Waals surface area (Å²) in [7, 11) is -3.58. The summed E-state index contributed by atoms with van der Waals surface area (Å²) in [6, 6.07) is 14.6. The maximum absolute atomic E-state index is 12.6. The smallest absolute Gasteiger partial charge is 0.261 e. The maximum Gasteiger partial charge on any atom is 0.261 e. The van der Waals surface area contributed by atoms with E-state index in [9.17, 15) is 8.42 Å². The van der Waals surface area contributed by atoms with Crippen LogP contribution in [0, 0.1) is 0 Å². The molecule has 0 saturated heterocycles. The van der Waals surface area contributed by atoms with Crippen LogP contribution in [0.4, 0.5) is 5.69 Å². The highest BCUT2D eigenvalue weighted by Crippen LogP contribution is 2.27. The Bertz CT molecular complexity index is 770. The number of para-hydroxylation sites is 1. The molecule has 0 atom stereocenters. The second-order valence-corrected chi connectivity index (χ2v) is 8.80. The lowest BCUT2D eigenvalue weighted by atomic mass is 9.87. The highest BCUT2D eigenvalue weighted by atomic mass is 32.2. The van der Waals surface area contributed by atoms with Crippen LogP contribution in [0.25, 0.3) is 0 Å². The summed E-state index contributed by atoms with van der Waals surface area (Å²) in [6.45, 7) is 10.4. The molecule has 0 fully saturated rings. The van der Waals surface area contributed by atoms with Gasteiger partial charge in [-0.3, -0.25) is 4.72 Å². The third-order valence-electron chi connectivity index (χ3n) is 3.86. The van der Waals surface area contributed by atoms with Crippen LogP contribution in [0.15, 0.2) is 53.4 Å². The van der Waals surface area contributed by atoms with Gasteiger partial charge in [0.05, 0.1) is 10.6 Å². The number of hydrogen-bond acceptors (Lipinski definition) is 2. The standard InChI is InChI=1S/C19H25NO2S/c1-14(2)17-8-6-7-9-18(17)20-23(21,22)16-12-10-15(11-13-16)19(3,4)5/h6-14,20H,1-5H3. The first-order valence-electron chi connectivity index (χ1n) is 7.83. The molecule has 23 heavy (non-hydrogen) atoms. The van der Waals surface area contributed by atoms with E-state index in [0.29, 0.717) is 5.69 Å². The van der Waals surface area contributed by atoms with Gasteiger partial charge in [-0.1, -0.05) is 65.0 Å². The summed E-state index contributed by atoms with van der Waals surface area (Å²) < 4.78 is 28.0. The molecule has 0 unspecified atom stereocenters. The summed E-state index contributed by atoms with van der Waals surface area (Å²) in [5.74, 6) is 0.247. The Hall–Kier alpha value is -1.81. The van der Waals surface area contributed by atoms with Gasteiger partial charge >= 0.3 is 0 Å². The average molecular weight is 331 g/mol. The van der Waals surface area contributed by atoms with Gasteiger partial charge in [0.2, 0.25) is 0 Å². The van der Waals surface area contributed by atoms with Crippen LogP contribution in [-0.4, -0.2) is 8.42 Å². The second kappa shape index (κ2) is 6.36. The molecule has 3 nitrogen and oxygen atoms in total. The van der Waals surface area contributed by atoms with Crippen molar-refractivity contribution in [3.63, 3.8) is 0 Å². The van der Waals surface area contributed by atoms with Gasteiger partial charge in [0, 0.05) is 0 Å². The van der Waals surface area contributed by atoms with E-state index in [4.69, 9.17) is 0 Å². The van der Waals surface area contributed by atoms with E-state index in [0.717, 1.165) is 11.1 Å². The van der Waals surface area contributed by atoms with Crippen molar-refractivity contribution < 1.29 is 8.42 Å². The van der Waals surface area contributed by atoms with Crippen LogP contribution in [0.1, 0.15) is 51.7 Å². The zero-order valence-corrected chi connectivity index (χ0v) is 15.2. The van der Waals surface area contributed by atoms with Crippen molar-refractivity contribution in [1.82, 2.24) is 0 Å². The van der Waals surface area contributed by atoms with E-state index in [-0.39, 0.29) is 16.2 Å². The first-order chi connectivity index (χ1) is 10.6. The zero-order valence-electron chi connectivity index (χ0n) is 14.4. The number of hydrogen-bond donors (Lipinski definition) is 1. The largest absolute Gasteiger partial charge is 0.279 e. The molecular weight excluding hydrogens is 306 g/mol. The van der Waals surface area contributed by atoms with Crippen molar-refractivity contribution >= 4 is 15.7 Å². The Kier molecular flexibility index (Phi) is 4.85. The van der Waals surface area contributed by atoms with Crippen molar-refractivity contribution in [2.45, 2.75) is 50.8 Å². The van der Waals surface area contributed by atoms with Gasteiger partial charge in [-0.05, 0) is 40.7 Å². The molecule has 0 spiro atoms. The third-order valence-corrected chi connectivity index (χ3v) is 5.24. The van der Waals surface area contributed by atoms with Crippen LogP contribution < -0.4 is 4.72 Å². The minimum atomic E-state index is -3.58. The van der Waals surface area contributed by atoms with E-state index in [2.05, 4.69) is 25.5 Å². The molecule has 2 aromatic carbocycles. The maximum atomic E-state index is 12.6. The quantitative estimate of drug-likeness (QED) is 0.865. The molecule has 0 saturated carbocycles. The zero-order chi connectivity index (χ0) is 17.3. The Balaban J connectivity index is 2.33. The Morgan fingerprint density at radius 2 is 1.48 bits per heavy atom. The number of anilines is 1. The van der Waals surface area contributed by atoms with Crippen molar-refractivity contribution in [3.8, 4) is 0 Å². The third kappa shape index (κ3) is 4.14. The summed E-state index contributed by atoms with van der Waals surface area (Å²) in [4.78, 5) is 0.282. The minimum absolute atomic E-state index is 0.0000369. The molecule has 0 aliphatic heterocycles. The SMILES string of the molecule is CC(C)c1ccccc1NS(=O)(=O)c1ccc(C(C)(C)C)cc1. The topological polar surface area (TPSA) is 46.2 Å². The van der Waals surface area contributed by atoms with Crippen LogP contribution in [0.5, 0.6) is 0 Å². The van der Waals surface area contributed by atoms with Gasteiger partial charge in [0.15, 0.2) is 0 Å². The molecule has 0 aliphatic rings. The number of benzene rings is 2. The summed E-state index contributed by atoms with van der Waals surface area (Å²) in [5, 5.41) is 0. The molecule has 2 rings (SSSR count). The highest BCUT2D eigenvalue weighted by Gasteiger charge is 2.19. The number of sulfonamides is 1. The van der Waals surface area contributed by atoms with Gasteiger partial charge in [0.1, 0.15) is 0 Å². The minimum Gasteiger partial charge on any atom is -0.279 e.